The molecule has 19 heavy (non-hydrogen) atoms. The standard InChI is InChI=1S/C13H18N2O3S/c1-8(2)11(12(16)17)15-13(18)14-9-4-6-10(19-3)7-5-9/h4-8,11H,1-3H3,(H,16,17)(H2,14,15,18)/t11-/m1/s1. The van der Waals surface area contributed by atoms with E-state index in [9.17, 15) is 9.59 Å². The van der Waals surface area contributed by atoms with E-state index in [4.69, 9.17) is 5.11 Å². The number of urea groups is 1. The van der Waals surface area contributed by atoms with Gasteiger partial charge in [0.05, 0.1) is 0 Å². The van der Waals surface area contributed by atoms with E-state index in [0.29, 0.717) is 5.69 Å². The van der Waals surface area contributed by atoms with Crippen LogP contribution in [0.3, 0.4) is 0 Å². The molecule has 0 radical (unpaired) electrons. The first kappa shape index (κ1) is 15.4. The molecule has 0 unspecified atom stereocenters. The average molecular weight is 282 g/mol. The highest BCUT2D eigenvalue weighted by molar-refractivity contribution is 7.98. The van der Waals surface area contributed by atoms with E-state index in [0.717, 1.165) is 4.90 Å². The van der Waals surface area contributed by atoms with Gasteiger partial charge in [-0.25, -0.2) is 9.59 Å². The Balaban J connectivity index is 2.61. The van der Waals surface area contributed by atoms with E-state index >= 15 is 0 Å². The highest BCUT2D eigenvalue weighted by Gasteiger charge is 2.23. The van der Waals surface area contributed by atoms with Crippen molar-refractivity contribution in [3.63, 3.8) is 0 Å². The van der Waals surface area contributed by atoms with Crippen LogP contribution in [0.1, 0.15) is 13.8 Å². The van der Waals surface area contributed by atoms with Crippen LogP contribution in [-0.4, -0.2) is 29.4 Å². The lowest BCUT2D eigenvalue weighted by Crippen LogP contribution is -2.46. The van der Waals surface area contributed by atoms with Crippen LogP contribution >= 0.6 is 11.8 Å². The Morgan fingerprint density at radius 3 is 2.21 bits per heavy atom. The van der Waals surface area contributed by atoms with Gasteiger partial charge in [-0.15, -0.1) is 11.8 Å². The largest absolute Gasteiger partial charge is 0.480 e. The van der Waals surface area contributed by atoms with Crippen LogP contribution in [-0.2, 0) is 4.79 Å². The molecule has 2 amide bonds. The Bertz CT molecular complexity index is 446. The molecule has 1 atom stereocenters. The molecule has 6 heteroatoms. The molecular weight excluding hydrogens is 264 g/mol. The fourth-order valence-electron chi connectivity index (χ4n) is 1.50. The molecular formula is C13H18N2O3S. The zero-order valence-corrected chi connectivity index (χ0v) is 12.0. The number of nitrogens with one attached hydrogen (secondary N) is 2. The molecule has 1 aromatic carbocycles. The second-order valence-corrected chi connectivity index (χ2v) is 5.27. The van der Waals surface area contributed by atoms with Crippen LogP contribution in [0.2, 0.25) is 0 Å². The van der Waals surface area contributed by atoms with Crippen LogP contribution < -0.4 is 10.6 Å². The molecule has 0 aromatic heterocycles. The number of carbonyl (C=O) groups is 2. The summed E-state index contributed by atoms with van der Waals surface area (Å²) >= 11 is 1.61. The van der Waals surface area contributed by atoms with Crippen LogP contribution in [0.5, 0.6) is 0 Å². The van der Waals surface area contributed by atoms with Gasteiger partial charge in [0.1, 0.15) is 6.04 Å². The fourth-order valence-corrected chi connectivity index (χ4v) is 1.90. The number of hydrogen-bond donors (Lipinski definition) is 3. The molecule has 104 valence electrons. The molecule has 1 rings (SSSR count). The Hall–Kier alpha value is -1.69. The van der Waals surface area contributed by atoms with Crippen LogP contribution in [0.15, 0.2) is 29.2 Å². The van der Waals surface area contributed by atoms with Crippen molar-refractivity contribution in [2.75, 3.05) is 11.6 Å². The number of amides is 2. The van der Waals surface area contributed by atoms with Crippen molar-refractivity contribution in [1.82, 2.24) is 5.32 Å². The van der Waals surface area contributed by atoms with E-state index < -0.39 is 18.0 Å². The molecule has 0 spiro atoms. The predicted molar refractivity (Wildman–Crippen MR) is 76.6 cm³/mol. The number of thioether (sulfide) groups is 1. The van der Waals surface area contributed by atoms with Gasteiger partial charge >= 0.3 is 12.0 Å². The van der Waals surface area contributed by atoms with Gasteiger partial charge in [0, 0.05) is 10.6 Å². The first-order valence-electron chi connectivity index (χ1n) is 5.88. The monoisotopic (exact) mass is 282 g/mol. The second kappa shape index (κ2) is 7.04. The summed E-state index contributed by atoms with van der Waals surface area (Å²) in [6.07, 6.45) is 1.97. The summed E-state index contributed by atoms with van der Waals surface area (Å²) < 4.78 is 0. The molecule has 3 N–H and O–H groups in total. The number of aliphatic carboxylic acids is 1. The minimum absolute atomic E-state index is 0.179. The highest BCUT2D eigenvalue weighted by atomic mass is 32.2. The molecule has 1 aromatic rings. The van der Waals surface area contributed by atoms with Crippen molar-refractivity contribution in [3.8, 4) is 0 Å². The molecule has 0 fully saturated rings. The van der Waals surface area contributed by atoms with Gasteiger partial charge in [0.2, 0.25) is 0 Å². The van der Waals surface area contributed by atoms with Crippen molar-refractivity contribution in [2.24, 2.45) is 5.92 Å². The summed E-state index contributed by atoms with van der Waals surface area (Å²) in [5.41, 5.74) is 0.628. The Labute approximate surface area is 116 Å². The maximum Gasteiger partial charge on any atom is 0.326 e. The zero-order valence-electron chi connectivity index (χ0n) is 11.1. The normalized spacial score (nSPS) is 12.0. The molecule has 0 aliphatic carbocycles. The first-order chi connectivity index (χ1) is 8.93. The third kappa shape index (κ3) is 4.82. The molecule has 0 heterocycles. The number of hydrogen-bond acceptors (Lipinski definition) is 3. The van der Waals surface area contributed by atoms with Crippen LogP contribution in [0.4, 0.5) is 10.5 Å². The number of carboxylic acids is 1. The summed E-state index contributed by atoms with van der Waals surface area (Å²) in [5.74, 6) is -1.22. The molecule has 0 bridgehead atoms. The molecule has 0 aliphatic heterocycles. The summed E-state index contributed by atoms with van der Waals surface area (Å²) in [5, 5.41) is 14.0. The zero-order chi connectivity index (χ0) is 14.4. The van der Waals surface area contributed by atoms with Crippen LogP contribution in [0.25, 0.3) is 0 Å². The first-order valence-corrected chi connectivity index (χ1v) is 7.11. The van der Waals surface area contributed by atoms with Crippen molar-refractivity contribution in [1.29, 1.82) is 0 Å². The van der Waals surface area contributed by atoms with Crippen molar-refractivity contribution < 1.29 is 14.7 Å². The van der Waals surface area contributed by atoms with Crippen molar-refractivity contribution in [3.05, 3.63) is 24.3 Å². The molecule has 0 aliphatic rings. The van der Waals surface area contributed by atoms with Gasteiger partial charge in [-0.05, 0) is 36.4 Å². The Morgan fingerprint density at radius 1 is 1.21 bits per heavy atom. The Kier molecular flexibility index (Phi) is 5.69. The minimum atomic E-state index is -1.04. The average Bonchev–Trinajstić information content (AvgIpc) is 2.36. The lowest BCUT2D eigenvalue weighted by molar-refractivity contribution is -0.140. The lowest BCUT2D eigenvalue weighted by atomic mass is 10.1. The summed E-state index contributed by atoms with van der Waals surface area (Å²) in [6, 6.07) is 5.91. The molecule has 0 saturated carbocycles. The Morgan fingerprint density at radius 2 is 1.79 bits per heavy atom. The number of carbonyl (C=O) groups excluding carboxylic acids is 1. The third-order valence-corrected chi connectivity index (χ3v) is 3.31. The SMILES string of the molecule is CSc1ccc(NC(=O)N[C@@H](C(=O)O)C(C)C)cc1. The van der Waals surface area contributed by atoms with E-state index in [1.54, 1.807) is 37.7 Å². The van der Waals surface area contributed by atoms with Gasteiger partial charge in [-0.3, -0.25) is 0 Å². The van der Waals surface area contributed by atoms with E-state index in [1.165, 1.54) is 0 Å². The maximum absolute atomic E-state index is 11.7. The minimum Gasteiger partial charge on any atom is -0.480 e. The van der Waals surface area contributed by atoms with Gasteiger partial charge in [-0.2, -0.15) is 0 Å². The fraction of sp³-hybridized carbons (Fsp3) is 0.385. The van der Waals surface area contributed by atoms with Crippen molar-refractivity contribution >= 4 is 29.4 Å². The quantitative estimate of drug-likeness (QED) is 0.725. The van der Waals surface area contributed by atoms with Gasteiger partial charge < -0.3 is 15.7 Å². The number of carboxylic acid groups (broad SMARTS) is 1. The summed E-state index contributed by atoms with van der Waals surface area (Å²) in [4.78, 5) is 23.8. The maximum atomic E-state index is 11.7. The number of benzene rings is 1. The van der Waals surface area contributed by atoms with E-state index in [-0.39, 0.29) is 5.92 Å². The van der Waals surface area contributed by atoms with E-state index in [2.05, 4.69) is 10.6 Å². The van der Waals surface area contributed by atoms with Crippen molar-refractivity contribution in [2.45, 2.75) is 24.8 Å². The number of rotatable bonds is 5. The summed E-state index contributed by atoms with van der Waals surface area (Å²) in [7, 11) is 0. The molecule has 5 nitrogen and oxygen atoms in total. The second-order valence-electron chi connectivity index (χ2n) is 4.39. The van der Waals surface area contributed by atoms with Gasteiger partial charge in [0.15, 0.2) is 0 Å². The van der Waals surface area contributed by atoms with Gasteiger partial charge in [0.25, 0.3) is 0 Å². The third-order valence-electron chi connectivity index (χ3n) is 2.57. The predicted octanol–water partition coefficient (Wildman–Crippen LogP) is 2.64. The lowest BCUT2D eigenvalue weighted by Gasteiger charge is -2.18. The number of anilines is 1. The molecule has 0 saturated heterocycles. The topological polar surface area (TPSA) is 78.4 Å². The summed E-state index contributed by atoms with van der Waals surface area (Å²) in [6.45, 7) is 3.48. The van der Waals surface area contributed by atoms with Crippen LogP contribution in [0, 0.1) is 5.92 Å². The smallest absolute Gasteiger partial charge is 0.326 e. The van der Waals surface area contributed by atoms with Gasteiger partial charge in [-0.1, -0.05) is 13.8 Å². The highest BCUT2D eigenvalue weighted by Crippen LogP contribution is 2.17. The van der Waals surface area contributed by atoms with E-state index in [1.807, 2.05) is 18.4 Å².